The van der Waals surface area contributed by atoms with Crippen LogP contribution in [-0.2, 0) is 0 Å². The van der Waals surface area contributed by atoms with Crippen molar-refractivity contribution < 1.29 is 0 Å². The molecule has 1 aliphatic heterocycles. The Hall–Kier alpha value is -1.54. The van der Waals surface area contributed by atoms with Crippen molar-refractivity contribution in [3.05, 3.63) is 75.3 Å². The van der Waals surface area contributed by atoms with Gasteiger partial charge in [-0.1, -0.05) is 58.4 Å². The maximum Gasteiger partial charge on any atom is 0.0565 e. The van der Waals surface area contributed by atoms with Gasteiger partial charge in [0, 0.05) is 16.1 Å². The fraction of sp³-hybridized carbons (Fsp3) is 0.300. The first-order chi connectivity index (χ1) is 10.7. The molecule has 0 saturated heterocycles. The zero-order valence-corrected chi connectivity index (χ0v) is 14.5. The zero-order valence-electron chi connectivity index (χ0n) is 12.9. The maximum absolute atomic E-state index is 3.86. The van der Waals surface area contributed by atoms with Gasteiger partial charge in [-0.15, -0.1) is 0 Å². The molecule has 2 aromatic rings. The number of halogens is 1. The van der Waals surface area contributed by atoms with Crippen molar-refractivity contribution in [3.63, 3.8) is 0 Å². The number of anilines is 1. The van der Waals surface area contributed by atoms with E-state index in [1.165, 1.54) is 32.4 Å². The summed E-state index contributed by atoms with van der Waals surface area (Å²) in [4.78, 5) is 0. The number of allylic oxidation sites excluding steroid dienone is 2. The number of benzene rings is 2. The summed E-state index contributed by atoms with van der Waals surface area (Å²) in [5.74, 6) is 1.14. The Morgan fingerprint density at radius 3 is 2.64 bits per heavy atom. The molecule has 0 unspecified atom stereocenters. The van der Waals surface area contributed by atoms with Crippen LogP contribution >= 0.6 is 15.9 Å². The first-order valence-corrected chi connectivity index (χ1v) is 8.74. The monoisotopic (exact) mass is 353 g/mol. The molecule has 112 valence electrons. The summed E-state index contributed by atoms with van der Waals surface area (Å²) < 4.78 is 1.20. The van der Waals surface area contributed by atoms with Crippen LogP contribution in [0.3, 0.4) is 0 Å². The third-order valence-electron chi connectivity index (χ3n) is 5.19. The fourth-order valence-corrected chi connectivity index (χ4v) is 4.61. The molecule has 4 rings (SSSR count). The lowest BCUT2D eigenvalue weighted by atomic mass is 9.75. The molecule has 0 saturated carbocycles. The Kier molecular flexibility index (Phi) is 3.37. The quantitative estimate of drug-likeness (QED) is 0.630. The van der Waals surface area contributed by atoms with E-state index >= 15 is 0 Å². The van der Waals surface area contributed by atoms with Crippen molar-refractivity contribution >= 4 is 21.6 Å². The predicted molar refractivity (Wildman–Crippen MR) is 96.4 cm³/mol. The van der Waals surface area contributed by atoms with E-state index in [1.807, 2.05) is 0 Å². The summed E-state index contributed by atoms with van der Waals surface area (Å²) in [5, 5.41) is 3.86. The lowest BCUT2D eigenvalue weighted by Gasteiger charge is -2.39. The van der Waals surface area contributed by atoms with Gasteiger partial charge in [0.1, 0.15) is 0 Å². The van der Waals surface area contributed by atoms with Gasteiger partial charge in [0.05, 0.1) is 6.04 Å². The summed E-state index contributed by atoms with van der Waals surface area (Å²) >= 11 is 3.74. The van der Waals surface area contributed by atoms with Gasteiger partial charge < -0.3 is 5.32 Å². The predicted octanol–water partition coefficient (Wildman–Crippen LogP) is 5.89. The van der Waals surface area contributed by atoms with Gasteiger partial charge >= 0.3 is 0 Å². The van der Waals surface area contributed by atoms with E-state index < -0.39 is 0 Å². The first kappa shape index (κ1) is 14.1. The molecule has 1 heterocycles. The van der Waals surface area contributed by atoms with Gasteiger partial charge in [0.15, 0.2) is 0 Å². The van der Waals surface area contributed by atoms with E-state index in [0.717, 1.165) is 6.42 Å². The van der Waals surface area contributed by atoms with E-state index in [0.29, 0.717) is 17.9 Å². The van der Waals surface area contributed by atoms with Crippen LogP contribution in [0.5, 0.6) is 0 Å². The summed E-state index contributed by atoms with van der Waals surface area (Å²) in [6.07, 6.45) is 5.93. The highest BCUT2D eigenvalue weighted by molar-refractivity contribution is 9.10. The molecule has 0 amide bonds. The van der Waals surface area contributed by atoms with Gasteiger partial charge in [-0.05, 0) is 54.5 Å². The second-order valence-corrected chi connectivity index (χ2v) is 7.34. The van der Waals surface area contributed by atoms with Crippen LogP contribution in [0.1, 0.15) is 40.6 Å². The first-order valence-electron chi connectivity index (χ1n) is 7.94. The average Bonchev–Trinajstić information content (AvgIpc) is 3.00. The second-order valence-electron chi connectivity index (χ2n) is 6.49. The van der Waals surface area contributed by atoms with Crippen LogP contribution in [0.25, 0.3) is 0 Å². The maximum atomic E-state index is 3.86. The highest BCUT2D eigenvalue weighted by Crippen LogP contribution is 2.52. The van der Waals surface area contributed by atoms with Crippen molar-refractivity contribution in [2.45, 2.75) is 32.2 Å². The topological polar surface area (TPSA) is 12.0 Å². The summed E-state index contributed by atoms with van der Waals surface area (Å²) in [6, 6.07) is 13.5. The molecule has 1 N–H and O–H groups in total. The molecule has 2 aromatic carbocycles. The minimum absolute atomic E-state index is 0.364. The Bertz CT molecular complexity index is 762. The van der Waals surface area contributed by atoms with Crippen LogP contribution in [0.2, 0.25) is 0 Å². The highest BCUT2D eigenvalue weighted by Gasteiger charge is 2.39. The SMILES string of the molecule is Cc1ccc(C)c2c1N[C@H](c1ccccc1Br)[C@H]1CC=C[C@@H]21. The summed E-state index contributed by atoms with van der Waals surface area (Å²) in [7, 11) is 0. The molecule has 2 heteroatoms. The van der Waals surface area contributed by atoms with E-state index in [9.17, 15) is 0 Å². The number of hydrogen-bond donors (Lipinski definition) is 1. The fourth-order valence-electron chi connectivity index (χ4n) is 4.08. The van der Waals surface area contributed by atoms with Crippen LogP contribution in [0, 0.1) is 19.8 Å². The Labute approximate surface area is 140 Å². The Morgan fingerprint density at radius 1 is 1.05 bits per heavy atom. The molecule has 1 nitrogen and oxygen atoms in total. The normalized spacial score (nSPS) is 25.5. The molecule has 22 heavy (non-hydrogen) atoms. The van der Waals surface area contributed by atoms with Crippen LogP contribution in [0.4, 0.5) is 5.69 Å². The van der Waals surface area contributed by atoms with Gasteiger partial charge in [-0.3, -0.25) is 0 Å². The lowest BCUT2D eigenvalue weighted by Crippen LogP contribution is -2.30. The van der Waals surface area contributed by atoms with Crippen molar-refractivity contribution in [2.24, 2.45) is 5.92 Å². The number of fused-ring (bicyclic) bond motifs is 3. The van der Waals surface area contributed by atoms with E-state index in [4.69, 9.17) is 0 Å². The number of rotatable bonds is 1. The van der Waals surface area contributed by atoms with E-state index in [-0.39, 0.29) is 0 Å². The molecule has 0 fully saturated rings. The molecule has 0 aromatic heterocycles. The summed E-state index contributed by atoms with van der Waals surface area (Å²) in [6.45, 7) is 4.45. The van der Waals surface area contributed by atoms with Crippen LogP contribution < -0.4 is 5.32 Å². The Balaban J connectivity index is 1.88. The molecular formula is C20H20BrN. The zero-order chi connectivity index (χ0) is 15.3. The third kappa shape index (κ3) is 2.04. The van der Waals surface area contributed by atoms with Gasteiger partial charge in [0.2, 0.25) is 0 Å². The minimum atomic E-state index is 0.364. The van der Waals surface area contributed by atoms with E-state index in [1.54, 1.807) is 0 Å². The molecular weight excluding hydrogens is 334 g/mol. The number of hydrogen-bond acceptors (Lipinski definition) is 1. The molecule has 1 aliphatic carbocycles. The smallest absolute Gasteiger partial charge is 0.0565 e. The summed E-state index contributed by atoms with van der Waals surface area (Å²) in [5.41, 5.74) is 6.96. The highest BCUT2D eigenvalue weighted by atomic mass is 79.9. The van der Waals surface area contributed by atoms with Crippen molar-refractivity contribution in [1.29, 1.82) is 0 Å². The molecule has 0 bridgehead atoms. The molecule has 2 aliphatic rings. The van der Waals surface area contributed by atoms with Gasteiger partial charge in [0.25, 0.3) is 0 Å². The molecule has 3 atom stereocenters. The van der Waals surface area contributed by atoms with Crippen LogP contribution in [0.15, 0.2) is 53.0 Å². The Morgan fingerprint density at radius 2 is 1.82 bits per heavy atom. The largest absolute Gasteiger partial charge is 0.377 e. The van der Waals surface area contributed by atoms with E-state index in [2.05, 4.69) is 83.6 Å². The van der Waals surface area contributed by atoms with Crippen LogP contribution in [-0.4, -0.2) is 0 Å². The van der Waals surface area contributed by atoms with Crippen molar-refractivity contribution in [1.82, 2.24) is 0 Å². The minimum Gasteiger partial charge on any atom is -0.377 e. The van der Waals surface area contributed by atoms with Crippen molar-refractivity contribution in [3.8, 4) is 0 Å². The standard InChI is InChI=1S/C20H20BrN/c1-12-10-11-13(2)19-18(12)14-7-5-8-15(14)20(22-19)16-6-3-4-9-17(16)21/h3-7,9-11,14-15,20,22H,8H2,1-2H3/t14-,15+,20+/m1/s1. The molecule has 0 radical (unpaired) electrons. The second kappa shape index (κ2) is 5.27. The van der Waals surface area contributed by atoms with Gasteiger partial charge in [-0.2, -0.15) is 0 Å². The third-order valence-corrected chi connectivity index (χ3v) is 5.91. The molecule has 0 spiro atoms. The van der Waals surface area contributed by atoms with Crippen molar-refractivity contribution in [2.75, 3.05) is 5.32 Å². The average molecular weight is 354 g/mol. The lowest BCUT2D eigenvalue weighted by molar-refractivity contribution is 0.423. The van der Waals surface area contributed by atoms with Gasteiger partial charge in [-0.25, -0.2) is 0 Å². The number of nitrogens with one attached hydrogen (secondary N) is 1. The number of aryl methyl sites for hydroxylation is 2.